The van der Waals surface area contributed by atoms with Gasteiger partial charge in [-0.3, -0.25) is 0 Å². The van der Waals surface area contributed by atoms with Gasteiger partial charge in [0.05, 0.1) is 6.10 Å². The van der Waals surface area contributed by atoms with Crippen molar-refractivity contribution in [3.05, 3.63) is 35.6 Å². The first-order valence-electron chi connectivity index (χ1n) is 4.34. The van der Waals surface area contributed by atoms with Crippen LogP contribution in [0, 0.1) is 5.82 Å². The van der Waals surface area contributed by atoms with E-state index in [1.807, 2.05) is 0 Å². The van der Waals surface area contributed by atoms with Crippen molar-refractivity contribution in [2.75, 3.05) is 0 Å². The molecular formula is C10H12FNO. The van der Waals surface area contributed by atoms with E-state index < -0.39 is 11.6 Å². The Kier molecular flexibility index (Phi) is 1.86. The van der Waals surface area contributed by atoms with Gasteiger partial charge in [-0.25, -0.2) is 4.39 Å². The molecule has 0 saturated heterocycles. The quantitative estimate of drug-likeness (QED) is 0.723. The van der Waals surface area contributed by atoms with Crippen molar-refractivity contribution >= 4 is 0 Å². The highest BCUT2D eigenvalue weighted by atomic mass is 19.1. The van der Waals surface area contributed by atoms with Gasteiger partial charge < -0.3 is 10.8 Å². The molecule has 0 radical (unpaired) electrons. The van der Waals surface area contributed by atoms with Crippen molar-refractivity contribution in [3.8, 4) is 0 Å². The number of aliphatic hydroxyl groups is 1. The van der Waals surface area contributed by atoms with E-state index in [-0.39, 0.29) is 5.82 Å². The molecule has 1 aromatic carbocycles. The smallest absolute Gasteiger partial charge is 0.123 e. The number of aliphatic hydroxyl groups excluding tert-OH is 1. The van der Waals surface area contributed by atoms with E-state index in [9.17, 15) is 9.50 Å². The van der Waals surface area contributed by atoms with Crippen LogP contribution in [0.4, 0.5) is 4.39 Å². The molecular weight excluding hydrogens is 169 g/mol. The Hall–Kier alpha value is -0.930. The first-order chi connectivity index (χ1) is 6.12. The van der Waals surface area contributed by atoms with E-state index in [2.05, 4.69) is 0 Å². The van der Waals surface area contributed by atoms with Gasteiger partial charge in [0.15, 0.2) is 0 Å². The second-order valence-corrected chi connectivity index (χ2v) is 3.69. The van der Waals surface area contributed by atoms with Crippen molar-refractivity contribution in [1.29, 1.82) is 0 Å². The number of nitrogens with two attached hydrogens (primary N) is 1. The average Bonchev–Trinajstić information content (AvgIpc) is 2.84. The van der Waals surface area contributed by atoms with E-state index in [1.165, 1.54) is 12.1 Å². The highest BCUT2D eigenvalue weighted by Gasteiger charge is 2.45. The summed E-state index contributed by atoms with van der Waals surface area (Å²) in [4.78, 5) is 0. The number of halogens is 1. The van der Waals surface area contributed by atoms with Crippen LogP contribution >= 0.6 is 0 Å². The van der Waals surface area contributed by atoms with Crippen LogP contribution < -0.4 is 5.73 Å². The summed E-state index contributed by atoms with van der Waals surface area (Å²) in [6.45, 7) is 0. The normalized spacial score (nSPS) is 21.2. The fourth-order valence-corrected chi connectivity index (χ4v) is 1.43. The van der Waals surface area contributed by atoms with E-state index in [0.717, 1.165) is 12.8 Å². The lowest BCUT2D eigenvalue weighted by molar-refractivity contribution is 0.135. The molecule has 3 heteroatoms. The molecule has 1 saturated carbocycles. The standard InChI is InChI=1S/C10H12FNO/c11-8-3-1-2-7(6-8)9(13)10(12)4-5-10/h1-3,6,9,13H,4-5,12H2. The number of rotatable bonds is 2. The van der Waals surface area contributed by atoms with Crippen molar-refractivity contribution < 1.29 is 9.50 Å². The Bertz CT molecular complexity index is 322. The van der Waals surface area contributed by atoms with Crippen molar-refractivity contribution in [2.45, 2.75) is 24.5 Å². The average molecular weight is 181 g/mol. The fourth-order valence-electron chi connectivity index (χ4n) is 1.43. The third-order valence-electron chi connectivity index (χ3n) is 2.54. The van der Waals surface area contributed by atoms with Gasteiger partial charge >= 0.3 is 0 Å². The zero-order valence-corrected chi connectivity index (χ0v) is 7.20. The Morgan fingerprint density at radius 2 is 2.15 bits per heavy atom. The molecule has 2 rings (SSSR count). The van der Waals surface area contributed by atoms with Gasteiger partial charge in [-0.2, -0.15) is 0 Å². The molecule has 0 aliphatic heterocycles. The largest absolute Gasteiger partial charge is 0.386 e. The van der Waals surface area contributed by atoms with Crippen LogP contribution in [0.1, 0.15) is 24.5 Å². The van der Waals surface area contributed by atoms with Gasteiger partial charge in [-0.05, 0) is 30.5 Å². The summed E-state index contributed by atoms with van der Waals surface area (Å²) in [5.74, 6) is -0.333. The summed E-state index contributed by atoms with van der Waals surface area (Å²) in [6.07, 6.45) is 0.887. The minimum Gasteiger partial charge on any atom is -0.386 e. The van der Waals surface area contributed by atoms with Crippen molar-refractivity contribution in [2.24, 2.45) is 5.73 Å². The number of hydrogen-bond acceptors (Lipinski definition) is 2. The SMILES string of the molecule is NC1(C(O)c2cccc(F)c2)CC1. The van der Waals surface area contributed by atoms with E-state index >= 15 is 0 Å². The van der Waals surface area contributed by atoms with E-state index in [4.69, 9.17) is 5.73 Å². The Morgan fingerprint density at radius 3 is 2.69 bits per heavy atom. The van der Waals surface area contributed by atoms with Crippen LogP contribution in [0.2, 0.25) is 0 Å². The van der Waals surface area contributed by atoms with Crippen LogP contribution in [0.15, 0.2) is 24.3 Å². The molecule has 1 fully saturated rings. The minimum atomic E-state index is -0.733. The number of hydrogen-bond donors (Lipinski definition) is 2. The maximum Gasteiger partial charge on any atom is 0.123 e. The second-order valence-electron chi connectivity index (χ2n) is 3.69. The molecule has 0 amide bonds. The van der Waals surface area contributed by atoms with Crippen LogP contribution in [0.25, 0.3) is 0 Å². The van der Waals surface area contributed by atoms with Gasteiger partial charge in [0.2, 0.25) is 0 Å². The molecule has 1 aliphatic rings. The molecule has 0 heterocycles. The monoisotopic (exact) mass is 181 g/mol. The van der Waals surface area contributed by atoms with E-state index in [1.54, 1.807) is 12.1 Å². The van der Waals surface area contributed by atoms with Gasteiger partial charge in [-0.1, -0.05) is 12.1 Å². The van der Waals surface area contributed by atoms with Crippen molar-refractivity contribution in [3.63, 3.8) is 0 Å². The summed E-state index contributed by atoms with van der Waals surface area (Å²) >= 11 is 0. The summed E-state index contributed by atoms with van der Waals surface area (Å²) in [5.41, 5.74) is 5.86. The predicted molar refractivity (Wildman–Crippen MR) is 47.5 cm³/mol. The highest BCUT2D eigenvalue weighted by Crippen LogP contribution is 2.43. The van der Waals surface area contributed by atoms with Crippen LogP contribution in [-0.4, -0.2) is 10.6 Å². The lowest BCUT2D eigenvalue weighted by Crippen LogP contribution is -2.30. The summed E-state index contributed by atoms with van der Waals surface area (Å²) < 4.78 is 12.8. The fraction of sp³-hybridized carbons (Fsp3) is 0.400. The summed E-state index contributed by atoms with van der Waals surface area (Å²) in [5, 5.41) is 9.75. The third kappa shape index (κ3) is 1.57. The van der Waals surface area contributed by atoms with Gasteiger partial charge in [0.25, 0.3) is 0 Å². The molecule has 1 aliphatic carbocycles. The maximum atomic E-state index is 12.8. The Labute approximate surface area is 76.2 Å². The predicted octanol–water partition coefficient (Wildman–Crippen LogP) is 1.35. The zero-order valence-electron chi connectivity index (χ0n) is 7.20. The maximum absolute atomic E-state index is 12.8. The first-order valence-corrected chi connectivity index (χ1v) is 4.34. The van der Waals surface area contributed by atoms with Crippen LogP contribution in [0.5, 0.6) is 0 Å². The molecule has 0 bridgehead atoms. The second kappa shape index (κ2) is 2.79. The van der Waals surface area contributed by atoms with Crippen molar-refractivity contribution in [1.82, 2.24) is 0 Å². The molecule has 0 spiro atoms. The molecule has 1 aromatic rings. The molecule has 70 valence electrons. The van der Waals surface area contributed by atoms with Gasteiger partial charge in [0.1, 0.15) is 5.82 Å². The highest BCUT2D eigenvalue weighted by molar-refractivity contribution is 5.25. The molecule has 2 nitrogen and oxygen atoms in total. The molecule has 0 aromatic heterocycles. The zero-order chi connectivity index (χ0) is 9.47. The molecule has 1 atom stereocenters. The molecule has 1 unspecified atom stereocenters. The van der Waals surface area contributed by atoms with E-state index in [0.29, 0.717) is 5.56 Å². The Balaban J connectivity index is 2.25. The summed E-state index contributed by atoms with van der Waals surface area (Å²) in [7, 11) is 0. The lowest BCUT2D eigenvalue weighted by Gasteiger charge is -2.17. The minimum absolute atomic E-state index is 0.333. The Morgan fingerprint density at radius 1 is 1.46 bits per heavy atom. The lowest BCUT2D eigenvalue weighted by atomic mass is 10.0. The van der Waals surface area contributed by atoms with Gasteiger partial charge in [-0.15, -0.1) is 0 Å². The first kappa shape index (κ1) is 8.66. The van der Waals surface area contributed by atoms with Crippen LogP contribution in [0.3, 0.4) is 0 Å². The third-order valence-corrected chi connectivity index (χ3v) is 2.54. The van der Waals surface area contributed by atoms with Crippen LogP contribution in [-0.2, 0) is 0 Å². The number of benzene rings is 1. The molecule has 13 heavy (non-hydrogen) atoms. The molecule has 3 N–H and O–H groups in total. The van der Waals surface area contributed by atoms with Gasteiger partial charge in [0, 0.05) is 5.54 Å². The summed E-state index contributed by atoms with van der Waals surface area (Å²) in [6, 6.07) is 5.96. The topological polar surface area (TPSA) is 46.2 Å².